The van der Waals surface area contributed by atoms with Gasteiger partial charge in [0.25, 0.3) is 0 Å². The Morgan fingerprint density at radius 2 is 0.964 bits per heavy atom. The summed E-state index contributed by atoms with van der Waals surface area (Å²) in [6.45, 7) is 0. The zero-order valence-corrected chi connectivity index (χ0v) is 30.6. The van der Waals surface area contributed by atoms with E-state index in [0.29, 0.717) is 0 Å². The van der Waals surface area contributed by atoms with Gasteiger partial charge in [0.2, 0.25) is 0 Å². The quantitative estimate of drug-likeness (QED) is 0.170. The van der Waals surface area contributed by atoms with Gasteiger partial charge in [-0.25, -0.2) is 0 Å². The fourth-order valence-corrected chi connectivity index (χ4v) is 9.45. The van der Waals surface area contributed by atoms with E-state index >= 15 is 0 Å². The van der Waals surface area contributed by atoms with Gasteiger partial charge in [-0.05, 0) is 75.0 Å². The molecule has 3 heteroatoms. The summed E-state index contributed by atoms with van der Waals surface area (Å²) in [5.74, 6) is 0. The minimum absolute atomic E-state index is 0.856. The van der Waals surface area contributed by atoms with Crippen LogP contribution in [0.3, 0.4) is 0 Å². The Morgan fingerprint density at radius 1 is 0.364 bits per heavy atom. The summed E-state index contributed by atoms with van der Waals surface area (Å²) < 4.78 is 9.74. The molecule has 0 unspecified atom stereocenters. The lowest BCUT2D eigenvalue weighted by Crippen LogP contribution is -2.10. The molecule has 0 aliphatic rings. The van der Waals surface area contributed by atoms with Crippen LogP contribution in [0.4, 0.5) is 17.1 Å². The molecule has 9 aromatic carbocycles. The predicted molar refractivity (Wildman–Crippen MR) is 235 cm³/mol. The minimum atomic E-state index is 0.856. The summed E-state index contributed by atoms with van der Waals surface area (Å²) in [4.78, 5) is 2.37. The highest BCUT2D eigenvalue weighted by Gasteiger charge is 2.24. The average Bonchev–Trinajstić information content (AvgIpc) is 3.84. The number of fused-ring (bicyclic) bond motifs is 7. The molecule has 0 atom stereocenters. The summed E-state index contributed by atoms with van der Waals surface area (Å²) in [7, 11) is 0. The monoisotopic (exact) mass is 719 g/mol. The van der Waals surface area contributed by atoms with E-state index in [2.05, 4.69) is 205 Å². The van der Waals surface area contributed by atoms with E-state index in [-0.39, 0.29) is 0 Å². The zero-order chi connectivity index (χ0) is 36.3. The molecule has 2 nitrogen and oxygen atoms in total. The summed E-state index contributed by atoms with van der Waals surface area (Å²) in [5, 5.41) is 7.26. The van der Waals surface area contributed by atoms with E-state index in [1.807, 2.05) is 11.3 Å². The van der Waals surface area contributed by atoms with Crippen LogP contribution in [0, 0.1) is 0 Å². The molecule has 0 saturated carbocycles. The Hall–Kier alpha value is -6.94. The molecule has 0 radical (unpaired) electrons. The van der Waals surface area contributed by atoms with Crippen LogP contribution in [0.15, 0.2) is 205 Å². The third-order valence-electron chi connectivity index (χ3n) is 10.9. The lowest BCUT2D eigenvalue weighted by Gasteiger charge is -2.26. The van der Waals surface area contributed by atoms with E-state index < -0.39 is 0 Å². The van der Waals surface area contributed by atoms with Gasteiger partial charge < -0.3 is 9.32 Å². The molecule has 0 bridgehead atoms. The fourth-order valence-electron chi connectivity index (χ4n) is 8.32. The van der Waals surface area contributed by atoms with Crippen molar-refractivity contribution in [2.75, 3.05) is 4.90 Å². The minimum Gasteiger partial charge on any atom is -0.453 e. The molecule has 0 amide bonds. The van der Waals surface area contributed by atoms with Gasteiger partial charge >= 0.3 is 0 Å². The Kier molecular flexibility index (Phi) is 7.39. The van der Waals surface area contributed by atoms with Crippen LogP contribution < -0.4 is 4.90 Å². The molecule has 2 heterocycles. The number of rotatable bonds is 6. The molecule has 0 fully saturated rings. The average molecular weight is 720 g/mol. The molecule has 0 spiro atoms. The van der Waals surface area contributed by atoms with Gasteiger partial charge in [0.15, 0.2) is 5.58 Å². The maximum atomic E-state index is 7.19. The Labute approximate surface area is 322 Å². The third-order valence-corrected chi connectivity index (χ3v) is 12.0. The van der Waals surface area contributed by atoms with Crippen molar-refractivity contribution in [2.45, 2.75) is 0 Å². The lowest BCUT2D eigenvalue weighted by molar-refractivity contribution is 0.670. The van der Waals surface area contributed by atoms with Crippen molar-refractivity contribution in [1.29, 1.82) is 0 Å². The van der Waals surface area contributed by atoms with E-state index in [4.69, 9.17) is 4.42 Å². The maximum absolute atomic E-state index is 7.19. The Bertz CT molecular complexity index is 3190. The first kappa shape index (κ1) is 31.6. The second kappa shape index (κ2) is 12.9. The van der Waals surface area contributed by atoms with Crippen LogP contribution in [0.1, 0.15) is 0 Å². The fraction of sp³-hybridized carbons (Fsp3) is 0. The van der Waals surface area contributed by atoms with E-state index in [9.17, 15) is 0 Å². The summed E-state index contributed by atoms with van der Waals surface area (Å²) >= 11 is 1.84. The Morgan fingerprint density at radius 3 is 1.78 bits per heavy atom. The molecule has 2 aromatic heterocycles. The van der Waals surface area contributed by atoms with E-state index in [1.54, 1.807) is 0 Å². The number of anilines is 3. The molecule has 55 heavy (non-hydrogen) atoms. The highest BCUT2D eigenvalue weighted by Crippen LogP contribution is 2.48. The number of thiophene rings is 1. The van der Waals surface area contributed by atoms with Gasteiger partial charge in [-0.1, -0.05) is 164 Å². The second-order valence-corrected chi connectivity index (χ2v) is 15.1. The standard InChI is InChI=1S/C52H33NOS/c1-3-13-35(14-4-1)42-31-32-47(52-50(42)46-23-12-22-43(51(46)54-52)36-15-5-2-6-16-36)53(39-29-30-45-44-20-9-10-24-48(44)55-49(45)33-39)38-27-25-37(26-28-38)41-21-11-18-34-17-7-8-19-40(34)41/h1-33H. The van der Waals surface area contributed by atoms with Crippen LogP contribution in [-0.4, -0.2) is 0 Å². The maximum Gasteiger partial charge on any atom is 0.160 e. The smallest absolute Gasteiger partial charge is 0.160 e. The molecule has 0 N–H and O–H groups in total. The SMILES string of the molecule is c1ccc(-c2cccc3c2oc2c(N(c4ccc(-c5cccc6ccccc56)cc4)c4ccc5c(c4)sc4ccccc45)ccc(-c4ccccc4)c23)cc1. The molecule has 0 aliphatic heterocycles. The van der Waals surface area contributed by atoms with Gasteiger partial charge in [-0.2, -0.15) is 0 Å². The van der Waals surface area contributed by atoms with Gasteiger partial charge in [0, 0.05) is 47.9 Å². The van der Waals surface area contributed by atoms with Gasteiger partial charge in [0.05, 0.1) is 5.69 Å². The molecule has 11 aromatic rings. The topological polar surface area (TPSA) is 16.4 Å². The van der Waals surface area contributed by atoms with Crippen molar-refractivity contribution in [3.8, 4) is 33.4 Å². The van der Waals surface area contributed by atoms with Crippen LogP contribution in [-0.2, 0) is 0 Å². The van der Waals surface area contributed by atoms with Crippen molar-refractivity contribution in [3.05, 3.63) is 200 Å². The van der Waals surface area contributed by atoms with Crippen molar-refractivity contribution in [1.82, 2.24) is 0 Å². The first-order chi connectivity index (χ1) is 27.3. The Balaban J connectivity index is 1.17. The van der Waals surface area contributed by atoms with Crippen molar-refractivity contribution in [2.24, 2.45) is 0 Å². The largest absolute Gasteiger partial charge is 0.453 e. The zero-order valence-electron chi connectivity index (χ0n) is 29.8. The normalized spacial score (nSPS) is 11.6. The number of hydrogen-bond acceptors (Lipinski definition) is 3. The molecule has 258 valence electrons. The number of para-hydroxylation sites is 1. The number of hydrogen-bond donors (Lipinski definition) is 0. The van der Waals surface area contributed by atoms with Gasteiger partial charge in [-0.15, -0.1) is 11.3 Å². The summed E-state index contributed by atoms with van der Waals surface area (Å²) in [6.07, 6.45) is 0. The van der Waals surface area contributed by atoms with Gasteiger partial charge in [0.1, 0.15) is 5.58 Å². The van der Waals surface area contributed by atoms with Crippen molar-refractivity contribution < 1.29 is 4.42 Å². The van der Waals surface area contributed by atoms with Crippen molar-refractivity contribution >= 4 is 81.3 Å². The highest BCUT2D eigenvalue weighted by atomic mass is 32.1. The van der Waals surface area contributed by atoms with Gasteiger partial charge in [-0.3, -0.25) is 0 Å². The second-order valence-electron chi connectivity index (χ2n) is 14.0. The van der Waals surface area contributed by atoms with E-state index in [1.165, 1.54) is 42.1 Å². The molecule has 11 rings (SSSR count). The van der Waals surface area contributed by atoms with Crippen LogP contribution in [0.2, 0.25) is 0 Å². The number of nitrogens with zero attached hydrogens (tertiary/aromatic N) is 1. The summed E-state index contributed by atoms with van der Waals surface area (Å²) in [5.41, 5.74) is 11.8. The molecular weight excluding hydrogens is 687 g/mol. The highest BCUT2D eigenvalue weighted by molar-refractivity contribution is 7.25. The van der Waals surface area contributed by atoms with Crippen molar-refractivity contribution in [3.63, 3.8) is 0 Å². The van der Waals surface area contributed by atoms with Crippen LogP contribution >= 0.6 is 11.3 Å². The number of benzene rings is 9. The predicted octanol–water partition coefficient (Wildman–Crippen LogP) is 15.6. The van der Waals surface area contributed by atoms with Crippen LogP contribution in [0.25, 0.3) is 86.3 Å². The van der Waals surface area contributed by atoms with Crippen LogP contribution in [0.5, 0.6) is 0 Å². The molecular formula is C52H33NOS. The first-order valence-corrected chi connectivity index (χ1v) is 19.5. The number of furan rings is 1. The lowest BCUT2D eigenvalue weighted by atomic mass is 9.96. The third kappa shape index (κ3) is 5.24. The molecule has 0 saturated heterocycles. The van der Waals surface area contributed by atoms with E-state index in [0.717, 1.165) is 61.3 Å². The molecule has 0 aliphatic carbocycles. The summed E-state index contributed by atoms with van der Waals surface area (Å²) in [6, 6.07) is 72.0. The first-order valence-electron chi connectivity index (χ1n) is 18.7.